The second-order valence-corrected chi connectivity index (χ2v) is 8.74. The highest BCUT2D eigenvalue weighted by atomic mass is 32.1. The number of amides is 2. The van der Waals surface area contributed by atoms with Gasteiger partial charge in [-0.15, -0.1) is 0 Å². The van der Waals surface area contributed by atoms with Gasteiger partial charge in [-0.05, 0) is 76.2 Å². The van der Waals surface area contributed by atoms with Crippen LogP contribution in [0.15, 0.2) is 30.3 Å². The molecule has 0 spiro atoms. The first kappa shape index (κ1) is 22.5. The number of benzene rings is 1. The van der Waals surface area contributed by atoms with Crippen molar-refractivity contribution < 1.29 is 9.59 Å². The Morgan fingerprint density at radius 1 is 1.10 bits per heavy atom. The number of carbonyl (C=O) groups excluding carboxylic acids is 2. The van der Waals surface area contributed by atoms with Crippen LogP contribution in [0.4, 0.5) is 0 Å². The summed E-state index contributed by atoms with van der Waals surface area (Å²) in [5.74, 6) is 0.00312. The van der Waals surface area contributed by atoms with Crippen LogP contribution in [0.3, 0.4) is 0 Å². The summed E-state index contributed by atoms with van der Waals surface area (Å²) < 4.78 is 0. The number of rotatable bonds is 5. The Morgan fingerprint density at radius 3 is 2.43 bits per heavy atom. The minimum absolute atomic E-state index is 0.0687. The molecule has 0 saturated carbocycles. The molecule has 30 heavy (non-hydrogen) atoms. The first-order valence-electron chi connectivity index (χ1n) is 11.2. The molecule has 1 aromatic rings. The molecule has 2 amide bonds. The van der Waals surface area contributed by atoms with E-state index < -0.39 is 6.04 Å². The van der Waals surface area contributed by atoms with E-state index in [1.165, 1.54) is 0 Å². The number of carbonyl (C=O) groups is 2. The van der Waals surface area contributed by atoms with Crippen LogP contribution in [-0.4, -0.2) is 65.0 Å². The van der Waals surface area contributed by atoms with Crippen molar-refractivity contribution in [2.75, 3.05) is 26.2 Å². The Labute approximate surface area is 185 Å². The number of piperidine rings is 2. The second-order valence-electron chi connectivity index (χ2n) is 8.35. The number of thiocarbonyl (C=S) groups is 1. The lowest BCUT2D eigenvalue weighted by Gasteiger charge is -2.41. The Balaban J connectivity index is 1.73. The van der Waals surface area contributed by atoms with Gasteiger partial charge in [-0.3, -0.25) is 9.59 Å². The Kier molecular flexibility index (Phi) is 8.08. The van der Waals surface area contributed by atoms with Crippen molar-refractivity contribution in [1.29, 1.82) is 0 Å². The monoisotopic (exact) mass is 430 g/mol. The summed E-state index contributed by atoms with van der Waals surface area (Å²) in [6, 6.07) is 8.89. The van der Waals surface area contributed by atoms with Gasteiger partial charge in [-0.1, -0.05) is 18.2 Å². The van der Waals surface area contributed by atoms with Crippen LogP contribution in [0.25, 0.3) is 0 Å². The molecule has 2 aliphatic rings. The van der Waals surface area contributed by atoms with E-state index in [1.54, 1.807) is 12.1 Å². The van der Waals surface area contributed by atoms with Gasteiger partial charge < -0.3 is 20.4 Å². The molecule has 164 valence electrons. The zero-order valence-electron chi connectivity index (χ0n) is 18.1. The highest BCUT2D eigenvalue weighted by Gasteiger charge is 2.37. The van der Waals surface area contributed by atoms with Gasteiger partial charge in [0.2, 0.25) is 5.91 Å². The Morgan fingerprint density at radius 2 is 1.80 bits per heavy atom. The van der Waals surface area contributed by atoms with Crippen LogP contribution in [0, 0.1) is 5.92 Å². The van der Waals surface area contributed by atoms with E-state index in [1.807, 2.05) is 30.0 Å². The smallest absolute Gasteiger partial charge is 0.251 e. The van der Waals surface area contributed by atoms with E-state index in [0.29, 0.717) is 5.56 Å². The first-order chi connectivity index (χ1) is 14.5. The van der Waals surface area contributed by atoms with Crippen LogP contribution >= 0.6 is 12.2 Å². The van der Waals surface area contributed by atoms with Crippen molar-refractivity contribution in [3.8, 4) is 0 Å². The number of hydrogen-bond donors (Lipinski definition) is 2. The minimum Gasteiger partial charge on any atom is -0.363 e. The molecule has 2 atom stereocenters. The molecule has 3 rings (SSSR count). The molecular weight excluding hydrogens is 396 g/mol. The van der Waals surface area contributed by atoms with Crippen LogP contribution in [-0.2, 0) is 4.79 Å². The topological polar surface area (TPSA) is 64.7 Å². The van der Waals surface area contributed by atoms with Crippen LogP contribution < -0.4 is 10.6 Å². The van der Waals surface area contributed by atoms with Gasteiger partial charge in [-0.2, -0.15) is 0 Å². The number of hydrogen-bond acceptors (Lipinski definition) is 3. The first-order valence-corrected chi connectivity index (χ1v) is 11.6. The fourth-order valence-electron chi connectivity index (χ4n) is 4.50. The third-order valence-corrected chi connectivity index (χ3v) is 6.70. The molecule has 6 nitrogen and oxygen atoms in total. The lowest BCUT2D eigenvalue weighted by molar-refractivity contribution is -0.138. The summed E-state index contributed by atoms with van der Waals surface area (Å²) in [6.45, 7) is 7.34. The van der Waals surface area contributed by atoms with Crippen molar-refractivity contribution in [2.24, 2.45) is 5.92 Å². The molecule has 0 radical (unpaired) electrons. The molecule has 2 aliphatic heterocycles. The van der Waals surface area contributed by atoms with E-state index in [-0.39, 0.29) is 23.8 Å². The van der Waals surface area contributed by atoms with E-state index in [2.05, 4.69) is 22.5 Å². The van der Waals surface area contributed by atoms with Crippen LogP contribution in [0.5, 0.6) is 0 Å². The lowest BCUT2D eigenvalue weighted by atomic mass is 9.87. The Hall–Kier alpha value is -2.15. The highest BCUT2D eigenvalue weighted by molar-refractivity contribution is 7.80. The van der Waals surface area contributed by atoms with E-state index in [0.717, 1.165) is 63.4 Å². The molecule has 1 aromatic carbocycles. The zero-order valence-corrected chi connectivity index (χ0v) is 18.9. The third kappa shape index (κ3) is 5.50. The molecule has 0 unspecified atom stereocenters. The molecule has 2 heterocycles. The quantitative estimate of drug-likeness (QED) is 0.704. The van der Waals surface area contributed by atoms with Gasteiger partial charge in [0, 0.05) is 37.8 Å². The maximum atomic E-state index is 13.6. The van der Waals surface area contributed by atoms with Gasteiger partial charge >= 0.3 is 0 Å². The zero-order chi connectivity index (χ0) is 21.5. The van der Waals surface area contributed by atoms with Crippen molar-refractivity contribution in [3.05, 3.63) is 35.9 Å². The summed E-state index contributed by atoms with van der Waals surface area (Å²) in [5, 5.41) is 7.07. The molecule has 2 fully saturated rings. The summed E-state index contributed by atoms with van der Waals surface area (Å²) >= 11 is 5.45. The summed E-state index contributed by atoms with van der Waals surface area (Å²) in [5.41, 5.74) is 0.591. The Bertz CT molecular complexity index is 734. The predicted octanol–water partition coefficient (Wildman–Crippen LogP) is 2.79. The number of nitrogens with zero attached hydrogens (tertiary/aromatic N) is 2. The summed E-state index contributed by atoms with van der Waals surface area (Å²) in [4.78, 5) is 30.6. The average Bonchev–Trinajstić information content (AvgIpc) is 2.78. The minimum atomic E-state index is -0.492. The van der Waals surface area contributed by atoms with Gasteiger partial charge in [0.05, 0.1) is 0 Å². The highest BCUT2D eigenvalue weighted by Crippen LogP contribution is 2.25. The SMILES string of the molecule is CCNC(=S)N1CCC([C@@H](NC(=O)c2ccccc2)C(=O)N2CCCC[C@H]2C)CC1. The molecule has 0 aliphatic carbocycles. The van der Waals surface area contributed by atoms with Gasteiger partial charge in [0.15, 0.2) is 5.11 Å². The van der Waals surface area contributed by atoms with E-state index in [4.69, 9.17) is 12.2 Å². The fourth-order valence-corrected chi connectivity index (χ4v) is 4.83. The van der Waals surface area contributed by atoms with E-state index >= 15 is 0 Å². The van der Waals surface area contributed by atoms with Crippen molar-refractivity contribution >= 4 is 29.1 Å². The molecule has 0 aromatic heterocycles. The standard InChI is InChI=1S/C23H34N4O2S/c1-3-24-23(30)26-15-12-18(13-16-26)20(22(29)27-14-8-7-9-17(27)2)25-21(28)19-10-5-4-6-11-19/h4-6,10-11,17-18,20H,3,7-9,12-16H2,1-2H3,(H,24,30)(H,25,28)/t17-,20-/m1/s1. The van der Waals surface area contributed by atoms with Crippen molar-refractivity contribution in [2.45, 2.75) is 58.0 Å². The maximum Gasteiger partial charge on any atom is 0.251 e. The van der Waals surface area contributed by atoms with Crippen molar-refractivity contribution in [3.63, 3.8) is 0 Å². The summed E-state index contributed by atoms with van der Waals surface area (Å²) in [6.07, 6.45) is 4.88. The molecular formula is C23H34N4O2S. The second kappa shape index (κ2) is 10.8. The maximum absolute atomic E-state index is 13.6. The number of nitrogens with one attached hydrogen (secondary N) is 2. The largest absolute Gasteiger partial charge is 0.363 e. The van der Waals surface area contributed by atoms with Crippen molar-refractivity contribution in [1.82, 2.24) is 20.4 Å². The third-order valence-electron chi connectivity index (χ3n) is 6.30. The van der Waals surface area contributed by atoms with Crippen LogP contribution in [0.2, 0.25) is 0 Å². The van der Waals surface area contributed by atoms with Gasteiger partial charge in [-0.25, -0.2) is 0 Å². The van der Waals surface area contributed by atoms with Gasteiger partial charge in [0.1, 0.15) is 6.04 Å². The normalized spacial score (nSPS) is 21.1. The predicted molar refractivity (Wildman–Crippen MR) is 123 cm³/mol. The fraction of sp³-hybridized carbons (Fsp3) is 0.609. The summed E-state index contributed by atoms with van der Waals surface area (Å²) in [7, 11) is 0. The molecule has 0 bridgehead atoms. The lowest BCUT2D eigenvalue weighted by Crippen LogP contribution is -2.57. The average molecular weight is 431 g/mol. The molecule has 2 saturated heterocycles. The van der Waals surface area contributed by atoms with Gasteiger partial charge in [0.25, 0.3) is 5.91 Å². The molecule has 7 heteroatoms. The molecule has 2 N–H and O–H groups in total. The van der Waals surface area contributed by atoms with E-state index in [9.17, 15) is 9.59 Å². The number of likely N-dealkylation sites (tertiary alicyclic amines) is 2. The van der Waals surface area contributed by atoms with Crippen LogP contribution in [0.1, 0.15) is 56.3 Å².